The summed E-state index contributed by atoms with van der Waals surface area (Å²) in [5, 5.41) is 2.20. The van der Waals surface area contributed by atoms with Gasteiger partial charge in [0.05, 0.1) is 16.6 Å². The molecule has 0 saturated heterocycles. The van der Waals surface area contributed by atoms with Gasteiger partial charge in [0, 0.05) is 33.5 Å². The molecule has 8 aromatic carbocycles. The summed E-state index contributed by atoms with van der Waals surface area (Å²) in [6, 6.07) is 52.6. The fourth-order valence-corrected chi connectivity index (χ4v) is 7.34. The highest BCUT2D eigenvalue weighted by Gasteiger charge is 2.27. The van der Waals surface area contributed by atoms with E-state index in [0.717, 1.165) is 49.7 Å². The Hall–Kier alpha value is -7.06. The molecule has 8 heteroatoms. The van der Waals surface area contributed by atoms with Crippen LogP contribution >= 0.6 is 0 Å². The van der Waals surface area contributed by atoms with Crippen LogP contribution in [-0.2, 0) is 0 Å². The van der Waals surface area contributed by atoms with Crippen LogP contribution in [0.15, 0.2) is 170 Å². The lowest BCUT2D eigenvalue weighted by Gasteiger charge is -2.26. The first-order valence-corrected chi connectivity index (χ1v) is 17.7. The van der Waals surface area contributed by atoms with Gasteiger partial charge in [-0.05, 0) is 107 Å². The molecule has 9 aromatic rings. The normalized spacial score (nSPS) is 11.4. The van der Waals surface area contributed by atoms with Crippen molar-refractivity contribution in [3.63, 3.8) is 0 Å². The lowest BCUT2D eigenvalue weighted by Crippen LogP contribution is -2.10. The molecule has 0 saturated carbocycles. The third-order valence-corrected chi connectivity index (χ3v) is 10.1. The molecule has 2 nitrogen and oxygen atoms in total. The number of halogens is 6. The molecule has 0 radical (unpaired) electrons. The highest BCUT2D eigenvalue weighted by molar-refractivity contribution is 6.11. The zero-order chi connectivity index (χ0) is 38.5. The molecule has 1 heterocycles. The van der Waals surface area contributed by atoms with Gasteiger partial charge < -0.3 is 9.47 Å². The van der Waals surface area contributed by atoms with Crippen molar-refractivity contribution >= 4 is 38.9 Å². The van der Waals surface area contributed by atoms with Crippen molar-refractivity contribution < 1.29 is 26.3 Å². The SMILES string of the molecule is Fc1ccc(N(c2ccc(-c3ccc4c(c3)c3ccc(-c5ccccc5)cc3n4-c3ccccc3)cc2)c2ccc(-c3c(F)c(F)c(F)c(F)c3F)cc2)cc1. The van der Waals surface area contributed by atoms with E-state index in [-0.39, 0.29) is 5.56 Å². The van der Waals surface area contributed by atoms with E-state index in [1.807, 2.05) is 60.7 Å². The maximum absolute atomic E-state index is 14.6. The summed E-state index contributed by atoms with van der Waals surface area (Å²) in [6.07, 6.45) is 0. The summed E-state index contributed by atoms with van der Waals surface area (Å²) < 4.78 is 87.4. The van der Waals surface area contributed by atoms with Gasteiger partial charge in [-0.3, -0.25) is 0 Å². The second-order valence-corrected chi connectivity index (χ2v) is 13.4. The molecule has 0 spiro atoms. The number of rotatable bonds is 7. The van der Waals surface area contributed by atoms with Crippen molar-refractivity contribution in [2.24, 2.45) is 0 Å². The Balaban J connectivity index is 1.11. The Labute approximate surface area is 317 Å². The highest BCUT2D eigenvalue weighted by Crippen LogP contribution is 2.40. The summed E-state index contributed by atoms with van der Waals surface area (Å²) >= 11 is 0. The molecule has 0 fully saturated rings. The van der Waals surface area contributed by atoms with E-state index in [4.69, 9.17) is 0 Å². The van der Waals surface area contributed by atoms with Crippen molar-refractivity contribution in [2.45, 2.75) is 0 Å². The first kappa shape index (κ1) is 34.7. The smallest absolute Gasteiger partial charge is 0.200 e. The standard InChI is InChI=1S/C48H28F6N2/c49-34-17-23-38(24-18-34)55(37-21-13-31(14-22-37)43-44(50)46(52)48(54)47(53)45(43)51)36-19-11-30(12-20-36)32-16-26-41-40(27-32)39-25-15-33(29-7-3-1-4-8-29)28-42(39)56(41)35-9-5-2-6-10-35/h1-28H. The van der Waals surface area contributed by atoms with E-state index >= 15 is 0 Å². The van der Waals surface area contributed by atoms with Crippen molar-refractivity contribution in [1.29, 1.82) is 0 Å². The number of para-hydroxylation sites is 1. The Morgan fingerprint density at radius 1 is 0.339 bits per heavy atom. The fourth-order valence-electron chi connectivity index (χ4n) is 7.34. The highest BCUT2D eigenvalue weighted by atomic mass is 19.2. The maximum atomic E-state index is 14.6. The molecule has 0 aliphatic carbocycles. The van der Waals surface area contributed by atoms with E-state index in [0.29, 0.717) is 17.1 Å². The second-order valence-electron chi connectivity index (χ2n) is 13.4. The average molecular weight is 747 g/mol. The van der Waals surface area contributed by atoms with Crippen LogP contribution in [-0.4, -0.2) is 4.57 Å². The Morgan fingerprint density at radius 2 is 0.804 bits per heavy atom. The monoisotopic (exact) mass is 746 g/mol. The molecule has 272 valence electrons. The molecule has 0 bridgehead atoms. The van der Waals surface area contributed by atoms with Gasteiger partial charge in [0.1, 0.15) is 5.82 Å². The molecule has 0 aliphatic heterocycles. The predicted octanol–water partition coefficient (Wildman–Crippen LogP) is 14.1. The lowest BCUT2D eigenvalue weighted by molar-refractivity contribution is 0.381. The summed E-state index contributed by atoms with van der Waals surface area (Å²) in [5.74, 6) is -10.5. The molecule has 9 rings (SSSR count). The molecule has 0 aliphatic rings. The third-order valence-electron chi connectivity index (χ3n) is 10.1. The average Bonchev–Trinajstić information content (AvgIpc) is 3.57. The predicted molar refractivity (Wildman–Crippen MR) is 212 cm³/mol. The number of nitrogens with zero attached hydrogens (tertiary/aromatic N) is 2. The number of aromatic nitrogens is 1. The number of anilines is 3. The number of benzene rings is 8. The van der Waals surface area contributed by atoms with Gasteiger partial charge in [-0.1, -0.05) is 91.0 Å². The minimum absolute atomic E-state index is 0.198. The van der Waals surface area contributed by atoms with Gasteiger partial charge in [0.25, 0.3) is 0 Å². The summed E-state index contributed by atoms with van der Waals surface area (Å²) in [7, 11) is 0. The van der Waals surface area contributed by atoms with Crippen molar-refractivity contribution in [2.75, 3.05) is 4.90 Å². The van der Waals surface area contributed by atoms with Crippen molar-refractivity contribution in [3.05, 3.63) is 205 Å². The van der Waals surface area contributed by atoms with Gasteiger partial charge in [-0.2, -0.15) is 0 Å². The van der Waals surface area contributed by atoms with Crippen LogP contribution in [0.5, 0.6) is 0 Å². The maximum Gasteiger partial charge on any atom is 0.200 e. The Kier molecular flexibility index (Phi) is 8.66. The zero-order valence-electron chi connectivity index (χ0n) is 29.3. The summed E-state index contributed by atoms with van der Waals surface area (Å²) in [6.45, 7) is 0. The van der Waals surface area contributed by atoms with E-state index < -0.39 is 40.5 Å². The molecule has 56 heavy (non-hydrogen) atoms. The summed E-state index contributed by atoms with van der Waals surface area (Å²) in [4.78, 5) is 1.80. The van der Waals surface area contributed by atoms with E-state index in [2.05, 4.69) is 65.2 Å². The molecule has 0 atom stereocenters. The number of hydrogen-bond donors (Lipinski definition) is 0. The minimum Gasteiger partial charge on any atom is -0.311 e. The minimum atomic E-state index is -2.22. The van der Waals surface area contributed by atoms with Gasteiger partial charge in [0.15, 0.2) is 23.3 Å². The molecular weight excluding hydrogens is 719 g/mol. The second kappa shape index (κ2) is 14.0. The molecule has 1 aromatic heterocycles. The first-order chi connectivity index (χ1) is 27.3. The van der Waals surface area contributed by atoms with Crippen LogP contribution in [0.2, 0.25) is 0 Å². The van der Waals surface area contributed by atoms with Crippen LogP contribution in [0, 0.1) is 34.9 Å². The van der Waals surface area contributed by atoms with Crippen molar-refractivity contribution in [3.8, 4) is 39.1 Å². The quantitative estimate of drug-likeness (QED) is 0.0896. The van der Waals surface area contributed by atoms with Crippen LogP contribution in [0.3, 0.4) is 0 Å². The van der Waals surface area contributed by atoms with Gasteiger partial charge in [-0.15, -0.1) is 0 Å². The molecule has 0 unspecified atom stereocenters. The van der Waals surface area contributed by atoms with E-state index in [1.165, 1.54) is 36.4 Å². The van der Waals surface area contributed by atoms with Crippen molar-refractivity contribution in [1.82, 2.24) is 4.57 Å². The van der Waals surface area contributed by atoms with Crippen LogP contribution in [0.1, 0.15) is 0 Å². The first-order valence-electron chi connectivity index (χ1n) is 17.7. The van der Waals surface area contributed by atoms with Gasteiger partial charge >= 0.3 is 0 Å². The fraction of sp³-hybridized carbons (Fsp3) is 0. The van der Waals surface area contributed by atoms with Gasteiger partial charge in [-0.25, -0.2) is 26.3 Å². The number of fused-ring (bicyclic) bond motifs is 3. The van der Waals surface area contributed by atoms with Gasteiger partial charge in [0.2, 0.25) is 5.82 Å². The van der Waals surface area contributed by atoms with Crippen LogP contribution in [0.25, 0.3) is 60.9 Å². The third kappa shape index (κ3) is 5.96. The summed E-state index contributed by atoms with van der Waals surface area (Å²) in [5.41, 5.74) is 7.92. The lowest BCUT2D eigenvalue weighted by atomic mass is 10.0. The van der Waals surface area contributed by atoms with Crippen LogP contribution in [0.4, 0.5) is 43.4 Å². The molecular formula is C48H28F6N2. The Morgan fingerprint density at radius 3 is 1.41 bits per heavy atom. The number of hydrogen-bond acceptors (Lipinski definition) is 1. The van der Waals surface area contributed by atoms with Crippen LogP contribution < -0.4 is 4.90 Å². The molecule has 0 amide bonds. The van der Waals surface area contributed by atoms with E-state index in [1.54, 1.807) is 17.0 Å². The largest absolute Gasteiger partial charge is 0.311 e. The zero-order valence-corrected chi connectivity index (χ0v) is 29.3. The topological polar surface area (TPSA) is 8.17 Å². The Bertz CT molecular complexity index is 2860. The van der Waals surface area contributed by atoms with E-state index in [9.17, 15) is 26.3 Å². The molecule has 0 N–H and O–H groups in total.